The summed E-state index contributed by atoms with van der Waals surface area (Å²) in [5, 5.41) is 2.77. The maximum Gasteiger partial charge on any atom is 0.407 e. The van der Waals surface area contributed by atoms with Gasteiger partial charge in [-0.25, -0.2) is 4.79 Å². The van der Waals surface area contributed by atoms with Crippen LogP contribution in [0.2, 0.25) is 0 Å². The number of benzene rings is 1. The van der Waals surface area contributed by atoms with E-state index >= 15 is 0 Å². The second-order valence-electron chi connectivity index (χ2n) is 3.73. The number of carbonyl (C=O) groups is 1. The molecule has 0 spiro atoms. The van der Waals surface area contributed by atoms with Crippen LogP contribution >= 0.6 is 0 Å². The van der Waals surface area contributed by atoms with Gasteiger partial charge in [0.25, 0.3) is 0 Å². The lowest BCUT2D eigenvalue weighted by atomic mass is 10.0. The minimum Gasteiger partial charge on any atom is -0.454 e. The summed E-state index contributed by atoms with van der Waals surface area (Å²) in [6.45, 7) is 0.712. The van der Waals surface area contributed by atoms with Gasteiger partial charge in [-0.3, -0.25) is 0 Å². The van der Waals surface area contributed by atoms with Gasteiger partial charge in [-0.05, 0) is 17.7 Å². The molecule has 2 aliphatic rings. The van der Waals surface area contributed by atoms with Gasteiger partial charge in [0.15, 0.2) is 11.5 Å². The first kappa shape index (κ1) is 9.33. The predicted octanol–water partition coefficient (Wildman–Crippen LogP) is 1.59. The Morgan fingerprint density at radius 1 is 1.19 bits per heavy atom. The fourth-order valence-electron chi connectivity index (χ4n) is 1.91. The summed E-state index contributed by atoms with van der Waals surface area (Å²) in [6, 6.07) is 5.69. The number of hydrogen-bond acceptors (Lipinski definition) is 4. The first-order valence-electron chi connectivity index (χ1n) is 5.16. The Bertz CT molecular complexity index is 432. The third kappa shape index (κ3) is 1.54. The van der Waals surface area contributed by atoms with Crippen LogP contribution in [0.5, 0.6) is 11.5 Å². The molecule has 1 aromatic rings. The smallest absolute Gasteiger partial charge is 0.407 e. The van der Waals surface area contributed by atoms with Gasteiger partial charge in [-0.1, -0.05) is 6.07 Å². The fourth-order valence-corrected chi connectivity index (χ4v) is 1.91. The predicted molar refractivity (Wildman–Crippen MR) is 54.4 cm³/mol. The quantitative estimate of drug-likeness (QED) is 0.782. The Hall–Kier alpha value is -1.91. The van der Waals surface area contributed by atoms with Crippen molar-refractivity contribution in [1.82, 2.24) is 5.32 Å². The first-order chi connectivity index (χ1) is 7.83. The van der Waals surface area contributed by atoms with Gasteiger partial charge in [-0.15, -0.1) is 0 Å². The maximum atomic E-state index is 11.1. The van der Waals surface area contributed by atoms with Gasteiger partial charge < -0.3 is 19.5 Å². The number of fused-ring (bicyclic) bond motifs is 1. The molecule has 16 heavy (non-hydrogen) atoms. The van der Waals surface area contributed by atoms with Crippen LogP contribution in [0.4, 0.5) is 4.79 Å². The normalized spacial score (nSPS) is 22.5. The first-order valence-corrected chi connectivity index (χ1v) is 5.16. The highest BCUT2D eigenvalue weighted by Gasteiger charge is 2.23. The lowest BCUT2D eigenvalue weighted by Gasteiger charge is -2.23. The summed E-state index contributed by atoms with van der Waals surface area (Å²) >= 11 is 0. The summed E-state index contributed by atoms with van der Waals surface area (Å²) in [5.74, 6) is 1.49. The highest BCUT2D eigenvalue weighted by molar-refractivity contribution is 5.68. The van der Waals surface area contributed by atoms with Crippen LogP contribution in [-0.4, -0.2) is 19.5 Å². The number of alkyl carbamates (subject to hydrolysis) is 1. The molecule has 1 saturated heterocycles. The second-order valence-corrected chi connectivity index (χ2v) is 3.73. The van der Waals surface area contributed by atoms with Crippen molar-refractivity contribution in [2.24, 2.45) is 0 Å². The van der Waals surface area contributed by atoms with Crippen molar-refractivity contribution in [3.8, 4) is 11.5 Å². The standard InChI is InChI=1S/C11H11NO4/c13-11-12-8(3-4-14-11)7-1-2-9-10(5-7)16-6-15-9/h1-2,5,8H,3-4,6H2,(H,12,13)/t8-/m0/s1. The largest absolute Gasteiger partial charge is 0.454 e. The Morgan fingerprint density at radius 2 is 2.06 bits per heavy atom. The summed E-state index contributed by atoms with van der Waals surface area (Å²) in [4.78, 5) is 11.1. The zero-order valence-corrected chi connectivity index (χ0v) is 8.56. The topological polar surface area (TPSA) is 56.8 Å². The molecule has 1 N–H and O–H groups in total. The molecule has 5 nitrogen and oxygen atoms in total. The molecule has 0 unspecified atom stereocenters. The molecule has 0 saturated carbocycles. The van der Waals surface area contributed by atoms with E-state index in [0.29, 0.717) is 6.61 Å². The zero-order valence-electron chi connectivity index (χ0n) is 8.56. The minimum atomic E-state index is -0.367. The highest BCUT2D eigenvalue weighted by atomic mass is 16.7. The molecule has 1 amide bonds. The van der Waals surface area contributed by atoms with Gasteiger partial charge in [0, 0.05) is 6.42 Å². The third-order valence-electron chi connectivity index (χ3n) is 2.73. The van der Waals surface area contributed by atoms with Gasteiger partial charge >= 0.3 is 6.09 Å². The molecule has 0 aliphatic carbocycles. The molecule has 0 aromatic heterocycles. The SMILES string of the molecule is O=C1N[C@H](c2ccc3c(c2)OCO3)CCO1. The summed E-state index contributed by atoms with van der Waals surface area (Å²) in [7, 11) is 0. The van der Waals surface area contributed by atoms with Crippen molar-refractivity contribution in [3.05, 3.63) is 23.8 Å². The maximum absolute atomic E-state index is 11.1. The minimum absolute atomic E-state index is 0.00394. The van der Waals surface area contributed by atoms with E-state index in [1.165, 1.54) is 0 Å². The number of nitrogens with one attached hydrogen (secondary N) is 1. The van der Waals surface area contributed by atoms with Crippen LogP contribution in [0, 0.1) is 0 Å². The lowest BCUT2D eigenvalue weighted by Crippen LogP contribution is -2.35. The molecular weight excluding hydrogens is 210 g/mol. The van der Waals surface area contributed by atoms with Crippen molar-refractivity contribution in [1.29, 1.82) is 0 Å². The van der Waals surface area contributed by atoms with E-state index in [0.717, 1.165) is 23.5 Å². The number of hydrogen-bond donors (Lipinski definition) is 1. The van der Waals surface area contributed by atoms with Crippen LogP contribution in [-0.2, 0) is 4.74 Å². The second kappa shape index (κ2) is 3.59. The number of rotatable bonds is 1. The molecule has 0 bridgehead atoms. The van der Waals surface area contributed by atoms with Crippen LogP contribution in [0.15, 0.2) is 18.2 Å². The monoisotopic (exact) mass is 221 g/mol. The Kier molecular flexibility index (Phi) is 2.09. The van der Waals surface area contributed by atoms with Crippen LogP contribution in [0.1, 0.15) is 18.0 Å². The van der Waals surface area contributed by atoms with Crippen LogP contribution in [0.3, 0.4) is 0 Å². The summed E-state index contributed by atoms with van der Waals surface area (Å²) in [5.41, 5.74) is 1.01. The molecule has 1 fully saturated rings. The number of ether oxygens (including phenoxy) is 3. The molecular formula is C11H11NO4. The molecule has 1 atom stereocenters. The van der Waals surface area contributed by atoms with Gasteiger partial charge in [0.05, 0.1) is 12.6 Å². The molecule has 2 heterocycles. The van der Waals surface area contributed by atoms with E-state index in [9.17, 15) is 4.79 Å². The van der Waals surface area contributed by atoms with Crippen molar-refractivity contribution in [2.45, 2.75) is 12.5 Å². The van der Waals surface area contributed by atoms with Crippen LogP contribution in [0.25, 0.3) is 0 Å². The number of cyclic esters (lactones) is 1. The van der Waals surface area contributed by atoms with E-state index in [4.69, 9.17) is 14.2 Å². The van der Waals surface area contributed by atoms with Crippen LogP contribution < -0.4 is 14.8 Å². The fraction of sp³-hybridized carbons (Fsp3) is 0.364. The average Bonchev–Trinajstić information content (AvgIpc) is 2.75. The van der Waals surface area contributed by atoms with Crippen molar-refractivity contribution < 1.29 is 19.0 Å². The molecule has 0 radical (unpaired) electrons. The molecule has 84 valence electrons. The molecule has 2 aliphatic heterocycles. The van der Waals surface area contributed by atoms with Crippen molar-refractivity contribution >= 4 is 6.09 Å². The molecule has 1 aromatic carbocycles. The summed E-state index contributed by atoms with van der Waals surface area (Å²) < 4.78 is 15.3. The van der Waals surface area contributed by atoms with Gasteiger partial charge in [0.1, 0.15) is 0 Å². The number of carbonyl (C=O) groups excluding carboxylic acids is 1. The number of amides is 1. The van der Waals surface area contributed by atoms with E-state index in [2.05, 4.69) is 5.32 Å². The van der Waals surface area contributed by atoms with E-state index in [1.54, 1.807) is 0 Å². The third-order valence-corrected chi connectivity index (χ3v) is 2.73. The van der Waals surface area contributed by atoms with E-state index in [-0.39, 0.29) is 18.9 Å². The Balaban J connectivity index is 1.86. The lowest BCUT2D eigenvalue weighted by molar-refractivity contribution is 0.115. The average molecular weight is 221 g/mol. The van der Waals surface area contributed by atoms with E-state index in [1.807, 2.05) is 18.2 Å². The zero-order chi connectivity index (χ0) is 11.0. The Morgan fingerprint density at radius 3 is 2.94 bits per heavy atom. The van der Waals surface area contributed by atoms with Crippen molar-refractivity contribution in [2.75, 3.05) is 13.4 Å². The highest BCUT2D eigenvalue weighted by Crippen LogP contribution is 2.35. The molecule has 3 rings (SSSR count). The van der Waals surface area contributed by atoms with Crippen molar-refractivity contribution in [3.63, 3.8) is 0 Å². The van der Waals surface area contributed by atoms with Gasteiger partial charge in [-0.2, -0.15) is 0 Å². The Labute approximate surface area is 92.3 Å². The molecule has 5 heteroatoms. The summed E-state index contributed by atoms with van der Waals surface area (Å²) in [6.07, 6.45) is 0.402. The van der Waals surface area contributed by atoms with E-state index < -0.39 is 0 Å². The van der Waals surface area contributed by atoms with Gasteiger partial charge in [0.2, 0.25) is 6.79 Å².